The lowest BCUT2D eigenvalue weighted by atomic mass is 9.98. The molecule has 2 atom stereocenters. The fraction of sp³-hybridized carbons (Fsp3) is 0.217. The monoisotopic (exact) mass is 441 g/mol. The van der Waals surface area contributed by atoms with E-state index in [1.807, 2.05) is 0 Å². The van der Waals surface area contributed by atoms with Crippen molar-refractivity contribution in [2.75, 3.05) is 7.05 Å². The van der Waals surface area contributed by atoms with E-state index in [0.717, 1.165) is 0 Å². The van der Waals surface area contributed by atoms with Gasteiger partial charge < -0.3 is 0 Å². The van der Waals surface area contributed by atoms with E-state index in [4.69, 9.17) is 0 Å². The molecule has 3 aromatic carbocycles. The Morgan fingerprint density at radius 1 is 0.800 bits per heavy atom. The maximum absolute atomic E-state index is 2.57. The highest BCUT2D eigenvalue weighted by atomic mass is 127. The van der Waals surface area contributed by atoms with E-state index in [2.05, 4.69) is 133 Å². The summed E-state index contributed by atoms with van der Waals surface area (Å²) in [6, 6.07) is 30.5. The van der Waals surface area contributed by atoms with Crippen LogP contribution in [0.2, 0.25) is 0 Å². The normalized spacial score (nSPS) is 14.9. The summed E-state index contributed by atoms with van der Waals surface area (Å²) >= 11 is 2.57. The number of nitrogens with zero attached hydrogens (tertiary/aromatic N) is 1. The summed E-state index contributed by atoms with van der Waals surface area (Å²) in [5.41, 5.74) is 5.18. The van der Waals surface area contributed by atoms with Gasteiger partial charge in [0.25, 0.3) is 0 Å². The van der Waals surface area contributed by atoms with Crippen molar-refractivity contribution in [3.8, 4) is 11.1 Å². The van der Waals surface area contributed by atoms with Crippen LogP contribution in [0.1, 0.15) is 31.0 Å². The van der Waals surface area contributed by atoms with Crippen LogP contribution in [0.5, 0.6) is 0 Å². The number of alkyl halides is 1. The molecule has 3 aromatic rings. The van der Waals surface area contributed by atoms with Crippen LogP contribution in [0, 0.1) is 0 Å². The summed E-state index contributed by atoms with van der Waals surface area (Å²) in [6.45, 7) is 4.56. The average Bonchev–Trinajstić information content (AvgIpc) is 2.68. The van der Waals surface area contributed by atoms with Crippen LogP contribution >= 0.6 is 22.6 Å². The molecule has 0 radical (unpaired) electrons. The highest BCUT2D eigenvalue weighted by molar-refractivity contribution is 14.1. The molecule has 0 fully saturated rings. The van der Waals surface area contributed by atoms with Gasteiger partial charge in [0.05, 0.1) is 3.55 Å². The molecule has 0 heterocycles. The van der Waals surface area contributed by atoms with Gasteiger partial charge in [-0.3, -0.25) is 4.90 Å². The van der Waals surface area contributed by atoms with Crippen LogP contribution in [0.15, 0.2) is 84.9 Å². The van der Waals surface area contributed by atoms with Crippen LogP contribution in [-0.2, 0) is 3.55 Å². The van der Waals surface area contributed by atoms with Gasteiger partial charge in [-0.25, -0.2) is 0 Å². The van der Waals surface area contributed by atoms with Crippen LogP contribution < -0.4 is 0 Å². The highest BCUT2D eigenvalue weighted by Gasteiger charge is 2.31. The summed E-state index contributed by atoms with van der Waals surface area (Å²) < 4.78 is -0.0994. The molecule has 0 aliphatic rings. The molecule has 25 heavy (non-hydrogen) atoms. The predicted molar refractivity (Wildman–Crippen MR) is 116 cm³/mol. The fourth-order valence-corrected chi connectivity index (χ4v) is 3.89. The zero-order valence-corrected chi connectivity index (χ0v) is 17.1. The lowest BCUT2D eigenvalue weighted by molar-refractivity contribution is 0.184. The van der Waals surface area contributed by atoms with E-state index in [0.29, 0.717) is 6.04 Å². The van der Waals surface area contributed by atoms with Crippen molar-refractivity contribution in [3.63, 3.8) is 0 Å². The van der Waals surface area contributed by atoms with Crippen molar-refractivity contribution in [2.45, 2.75) is 23.4 Å². The van der Waals surface area contributed by atoms with Gasteiger partial charge in [0, 0.05) is 6.04 Å². The Hall–Kier alpha value is -1.65. The summed E-state index contributed by atoms with van der Waals surface area (Å²) in [6.07, 6.45) is 0. The Balaban J connectivity index is 1.92. The van der Waals surface area contributed by atoms with Crippen molar-refractivity contribution >= 4 is 22.6 Å². The molecule has 0 bridgehead atoms. The number of benzene rings is 3. The third-order valence-electron chi connectivity index (χ3n) is 5.02. The number of hydrogen-bond donors (Lipinski definition) is 0. The molecule has 0 unspecified atom stereocenters. The smallest absolute Gasteiger partial charge is 0.0959 e. The van der Waals surface area contributed by atoms with Crippen LogP contribution in [0.25, 0.3) is 11.1 Å². The van der Waals surface area contributed by atoms with E-state index in [1.54, 1.807) is 0 Å². The van der Waals surface area contributed by atoms with Gasteiger partial charge in [-0.2, -0.15) is 0 Å². The molecule has 128 valence electrons. The number of rotatable bonds is 5. The Morgan fingerprint density at radius 2 is 1.36 bits per heavy atom. The van der Waals surface area contributed by atoms with Crippen LogP contribution in [0.4, 0.5) is 0 Å². The second-order valence-electron chi connectivity index (χ2n) is 6.60. The van der Waals surface area contributed by atoms with Gasteiger partial charge >= 0.3 is 0 Å². The fourth-order valence-electron chi connectivity index (χ4n) is 3.14. The number of hydrogen-bond acceptors (Lipinski definition) is 1. The zero-order valence-electron chi connectivity index (χ0n) is 15.0. The minimum Gasteiger partial charge on any atom is -0.282 e. The summed E-state index contributed by atoms with van der Waals surface area (Å²) in [7, 11) is 2.21. The van der Waals surface area contributed by atoms with Crippen molar-refractivity contribution in [2.24, 2.45) is 0 Å². The molecule has 1 nitrogen and oxygen atoms in total. The topological polar surface area (TPSA) is 3.24 Å². The number of halogens is 1. The molecular formula is C23H24IN. The first-order chi connectivity index (χ1) is 12.0. The zero-order chi connectivity index (χ0) is 17.9. The molecule has 0 aromatic heterocycles. The van der Waals surface area contributed by atoms with Gasteiger partial charge in [-0.1, -0.05) is 101 Å². The minimum absolute atomic E-state index is 0.0994. The molecule has 0 aliphatic heterocycles. The Bertz CT molecular complexity index is 812. The van der Waals surface area contributed by atoms with Gasteiger partial charge in [0.15, 0.2) is 0 Å². The molecule has 3 rings (SSSR count). The Kier molecular flexibility index (Phi) is 5.60. The molecule has 2 heteroatoms. The summed E-state index contributed by atoms with van der Waals surface area (Å²) in [5.74, 6) is 0. The van der Waals surface area contributed by atoms with E-state index in [1.165, 1.54) is 22.3 Å². The van der Waals surface area contributed by atoms with Gasteiger partial charge in [0.2, 0.25) is 0 Å². The van der Waals surface area contributed by atoms with Crippen molar-refractivity contribution in [3.05, 3.63) is 96.1 Å². The maximum atomic E-state index is 2.57. The summed E-state index contributed by atoms with van der Waals surface area (Å²) in [5, 5.41) is 0. The lowest BCUT2D eigenvalue weighted by Crippen LogP contribution is -2.37. The van der Waals surface area contributed by atoms with E-state index in [-0.39, 0.29) is 3.55 Å². The van der Waals surface area contributed by atoms with Crippen molar-refractivity contribution in [1.29, 1.82) is 0 Å². The van der Waals surface area contributed by atoms with Gasteiger partial charge in [0.1, 0.15) is 0 Å². The van der Waals surface area contributed by atoms with Crippen LogP contribution in [0.3, 0.4) is 0 Å². The molecule has 0 spiro atoms. The lowest BCUT2D eigenvalue weighted by Gasteiger charge is -2.39. The summed E-state index contributed by atoms with van der Waals surface area (Å²) in [4.78, 5) is 2.44. The highest BCUT2D eigenvalue weighted by Crippen LogP contribution is 2.40. The molecule has 0 N–H and O–H groups in total. The molecule has 0 amide bonds. The first-order valence-electron chi connectivity index (χ1n) is 8.63. The molecule has 0 saturated heterocycles. The van der Waals surface area contributed by atoms with E-state index >= 15 is 0 Å². The van der Waals surface area contributed by atoms with E-state index < -0.39 is 0 Å². The minimum atomic E-state index is -0.0994. The van der Waals surface area contributed by atoms with Crippen molar-refractivity contribution < 1.29 is 0 Å². The molecular weight excluding hydrogens is 417 g/mol. The quantitative estimate of drug-likeness (QED) is 0.243. The first kappa shape index (κ1) is 18.2. The first-order valence-corrected chi connectivity index (χ1v) is 9.71. The van der Waals surface area contributed by atoms with Crippen LogP contribution in [-0.4, -0.2) is 11.9 Å². The van der Waals surface area contributed by atoms with Gasteiger partial charge in [-0.15, -0.1) is 0 Å². The van der Waals surface area contributed by atoms with Crippen molar-refractivity contribution in [1.82, 2.24) is 4.90 Å². The Labute approximate surface area is 164 Å². The predicted octanol–water partition coefficient (Wildman–Crippen LogP) is 6.65. The third-order valence-corrected chi connectivity index (χ3v) is 6.41. The molecule has 0 saturated carbocycles. The maximum Gasteiger partial charge on any atom is 0.0959 e. The Morgan fingerprint density at radius 3 is 2.00 bits per heavy atom. The molecule has 0 aliphatic carbocycles. The SMILES string of the molecule is C[C@@H](c1ccccc1)N(C)[C@@](C)(I)c1cccc(-c2ccccc2)c1. The average molecular weight is 441 g/mol. The third kappa shape index (κ3) is 3.96. The second kappa shape index (κ2) is 7.71. The standard InChI is InChI=1S/C23H24IN/c1-18(19-11-6-4-7-12-19)25(3)23(2,24)22-16-10-15-21(17-22)20-13-8-5-9-14-20/h4-18H,1-3H3/t18-,23+/m0/s1. The largest absolute Gasteiger partial charge is 0.282 e. The van der Waals surface area contributed by atoms with E-state index in [9.17, 15) is 0 Å². The van der Waals surface area contributed by atoms with Gasteiger partial charge in [-0.05, 0) is 49.2 Å². The second-order valence-corrected chi connectivity index (χ2v) is 8.70.